The molecule has 0 heterocycles. The number of non-ortho nitro benzene ring substituents is 1. The summed E-state index contributed by atoms with van der Waals surface area (Å²) in [5, 5.41) is 28.5. The molecule has 0 unspecified atom stereocenters. The lowest BCUT2D eigenvalue weighted by atomic mass is 10.2. The summed E-state index contributed by atoms with van der Waals surface area (Å²) in [5.41, 5.74) is 2.48. The number of hydrazine groups is 1. The highest BCUT2D eigenvalue weighted by atomic mass is 16.6. The third kappa shape index (κ3) is 12.4. The van der Waals surface area contributed by atoms with Gasteiger partial charge in [-0.25, -0.2) is 5.84 Å². The van der Waals surface area contributed by atoms with Crippen LogP contribution >= 0.6 is 0 Å². The number of carbonyl (C=O) groups is 1. The summed E-state index contributed by atoms with van der Waals surface area (Å²) in [6.45, 7) is 3.46. The van der Waals surface area contributed by atoms with E-state index in [2.05, 4.69) is 15.7 Å². The molecule has 1 aromatic rings. The number of amides is 1. The van der Waals surface area contributed by atoms with E-state index in [-0.39, 0.29) is 30.3 Å². The third-order valence-electron chi connectivity index (χ3n) is 3.66. The number of nitro groups is 1. The number of benzene rings is 1. The number of nitrogens with two attached hydrogens (primary N) is 1. The number of nitro benzene ring substituents is 1. The molecular formula is C17H28N6O8. The van der Waals surface area contributed by atoms with Gasteiger partial charge in [-0.15, -0.1) is 5.11 Å². The first-order valence-electron chi connectivity index (χ1n) is 9.46. The quantitative estimate of drug-likeness (QED) is 0.0632. The Morgan fingerprint density at radius 2 is 1.61 bits per heavy atom. The van der Waals surface area contributed by atoms with Gasteiger partial charge in [0.25, 0.3) is 5.69 Å². The highest BCUT2D eigenvalue weighted by Gasteiger charge is 2.10. The summed E-state index contributed by atoms with van der Waals surface area (Å²) >= 11 is 0. The van der Waals surface area contributed by atoms with Crippen LogP contribution in [0.2, 0.25) is 0 Å². The molecule has 31 heavy (non-hydrogen) atoms. The topological polar surface area (TPSA) is 192 Å². The fraction of sp³-hybridized carbons (Fsp3) is 0.588. The maximum Gasteiger partial charge on any atom is 0.271 e. The minimum absolute atomic E-state index is 0.145. The minimum atomic E-state index is -0.561. The molecule has 0 aliphatic carbocycles. The summed E-state index contributed by atoms with van der Waals surface area (Å²) < 4.78 is 21.3. The van der Waals surface area contributed by atoms with Crippen molar-refractivity contribution >= 4 is 23.0 Å². The van der Waals surface area contributed by atoms with Crippen LogP contribution < -0.4 is 16.6 Å². The summed E-state index contributed by atoms with van der Waals surface area (Å²) in [4.78, 5) is 21.1. The molecule has 1 rings (SSSR count). The highest BCUT2D eigenvalue weighted by Crippen LogP contribution is 2.29. The maximum absolute atomic E-state index is 10.9. The van der Waals surface area contributed by atoms with Crippen molar-refractivity contribution in [2.24, 2.45) is 16.2 Å². The zero-order valence-corrected chi connectivity index (χ0v) is 17.0. The Morgan fingerprint density at radius 1 is 1.03 bits per heavy atom. The molecule has 0 atom stereocenters. The Bertz CT molecular complexity index is 691. The molecule has 1 aromatic carbocycles. The number of carbonyl (C=O) groups excluding carboxylic acids is 1. The van der Waals surface area contributed by atoms with E-state index < -0.39 is 4.92 Å². The molecule has 1 amide bonds. The molecule has 14 nitrogen and oxygen atoms in total. The smallest absolute Gasteiger partial charge is 0.271 e. The molecule has 14 heteroatoms. The van der Waals surface area contributed by atoms with E-state index in [9.17, 15) is 14.9 Å². The summed E-state index contributed by atoms with van der Waals surface area (Å²) in [6.07, 6.45) is 0.206. The van der Waals surface area contributed by atoms with Gasteiger partial charge in [-0.2, -0.15) is 0 Å². The van der Waals surface area contributed by atoms with E-state index in [4.69, 9.17) is 30.0 Å². The molecule has 174 valence electrons. The molecule has 0 aliphatic rings. The lowest BCUT2D eigenvalue weighted by Crippen LogP contribution is -2.30. The van der Waals surface area contributed by atoms with Crippen molar-refractivity contribution in [2.45, 2.75) is 6.42 Å². The van der Waals surface area contributed by atoms with Crippen LogP contribution in [0.4, 0.5) is 17.1 Å². The number of hydrogen-bond donors (Lipinski definition) is 4. The van der Waals surface area contributed by atoms with E-state index in [1.54, 1.807) is 0 Å². The van der Waals surface area contributed by atoms with Gasteiger partial charge >= 0.3 is 0 Å². The first kappa shape index (κ1) is 26.1. The molecule has 0 fully saturated rings. The van der Waals surface area contributed by atoms with Crippen LogP contribution in [0.15, 0.2) is 28.6 Å². The SMILES string of the molecule is NNC(=O)CCOCCOCCOCCOCCNc1ccc([N+](=O)[O-])cc1/N=N/O. The summed E-state index contributed by atoms with van der Waals surface area (Å²) in [7, 11) is 0. The number of nitrogens with zero attached hydrogens (tertiary/aromatic N) is 3. The van der Waals surface area contributed by atoms with Gasteiger partial charge in [0.1, 0.15) is 5.69 Å². The monoisotopic (exact) mass is 444 g/mol. The van der Waals surface area contributed by atoms with E-state index in [1.807, 2.05) is 5.43 Å². The summed E-state index contributed by atoms with van der Waals surface area (Å²) in [5.74, 6) is 4.66. The van der Waals surface area contributed by atoms with Gasteiger partial charge in [0.15, 0.2) is 0 Å². The average molecular weight is 444 g/mol. The van der Waals surface area contributed by atoms with Crippen molar-refractivity contribution in [2.75, 3.05) is 64.7 Å². The summed E-state index contributed by atoms with van der Waals surface area (Å²) in [6, 6.07) is 4.00. The number of nitrogens with one attached hydrogen (secondary N) is 2. The second kappa shape index (κ2) is 16.8. The molecular weight excluding hydrogens is 416 g/mol. The number of anilines is 1. The molecule has 0 saturated heterocycles. The number of hydrogen-bond acceptors (Lipinski definition) is 11. The minimum Gasteiger partial charge on any atom is -0.394 e. The first-order chi connectivity index (χ1) is 15.1. The van der Waals surface area contributed by atoms with E-state index >= 15 is 0 Å². The van der Waals surface area contributed by atoms with Gasteiger partial charge in [0, 0.05) is 24.0 Å². The Balaban J connectivity index is 1.99. The Kier molecular flexibility index (Phi) is 14.2. The normalized spacial score (nSPS) is 11.0. The molecule has 0 spiro atoms. The number of rotatable bonds is 18. The standard InChI is InChI=1S/C17H28N6O8/c18-20-17(24)3-5-28-7-9-30-11-12-31-10-8-29-6-4-19-15-2-1-14(23(26)27)13-16(15)21-22-25/h1-2,13,19H,3-12,18H2,(H,20,24)(H,21,25). The van der Waals surface area contributed by atoms with Crippen molar-refractivity contribution in [3.05, 3.63) is 28.3 Å². The van der Waals surface area contributed by atoms with Crippen molar-refractivity contribution in [3.8, 4) is 0 Å². The Hall–Kier alpha value is -2.91. The van der Waals surface area contributed by atoms with Crippen molar-refractivity contribution in [1.29, 1.82) is 0 Å². The fourth-order valence-electron chi connectivity index (χ4n) is 2.17. The van der Waals surface area contributed by atoms with Gasteiger partial charge in [0.05, 0.1) is 69.9 Å². The van der Waals surface area contributed by atoms with Gasteiger partial charge in [-0.05, 0) is 6.07 Å². The van der Waals surface area contributed by atoms with Crippen LogP contribution in [0.3, 0.4) is 0 Å². The highest BCUT2D eigenvalue weighted by molar-refractivity contribution is 5.75. The Morgan fingerprint density at radius 3 is 2.16 bits per heavy atom. The molecule has 0 aliphatic heterocycles. The van der Waals surface area contributed by atoms with Gasteiger partial charge in [0.2, 0.25) is 5.91 Å². The zero-order valence-electron chi connectivity index (χ0n) is 17.0. The maximum atomic E-state index is 10.9. The third-order valence-corrected chi connectivity index (χ3v) is 3.66. The predicted octanol–water partition coefficient (Wildman–Crippen LogP) is 0.926. The molecule has 0 saturated carbocycles. The lowest BCUT2D eigenvalue weighted by molar-refractivity contribution is -0.384. The van der Waals surface area contributed by atoms with Crippen LogP contribution in [0, 0.1) is 10.1 Å². The first-order valence-corrected chi connectivity index (χ1v) is 9.46. The van der Waals surface area contributed by atoms with E-state index in [0.29, 0.717) is 58.5 Å². The van der Waals surface area contributed by atoms with Crippen molar-refractivity contribution in [3.63, 3.8) is 0 Å². The van der Waals surface area contributed by atoms with E-state index in [1.165, 1.54) is 18.2 Å². The number of ether oxygens (including phenoxy) is 4. The largest absolute Gasteiger partial charge is 0.394 e. The molecule has 0 aromatic heterocycles. The fourth-order valence-corrected chi connectivity index (χ4v) is 2.17. The second-order valence-corrected chi connectivity index (χ2v) is 5.84. The lowest BCUT2D eigenvalue weighted by Gasteiger charge is -2.10. The van der Waals surface area contributed by atoms with Crippen LogP contribution in [-0.2, 0) is 23.7 Å². The molecule has 5 N–H and O–H groups in total. The second-order valence-electron chi connectivity index (χ2n) is 5.84. The van der Waals surface area contributed by atoms with Crippen LogP contribution in [-0.4, -0.2) is 75.4 Å². The van der Waals surface area contributed by atoms with Gasteiger partial charge in [-0.1, -0.05) is 0 Å². The predicted molar refractivity (Wildman–Crippen MR) is 108 cm³/mol. The average Bonchev–Trinajstić information content (AvgIpc) is 2.77. The van der Waals surface area contributed by atoms with E-state index in [0.717, 1.165) is 0 Å². The van der Waals surface area contributed by atoms with Crippen molar-refractivity contribution < 1.29 is 33.9 Å². The Labute approximate surface area is 178 Å². The van der Waals surface area contributed by atoms with Gasteiger partial charge < -0.3 is 29.5 Å². The molecule has 0 bridgehead atoms. The van der Waals surface area contributed by atoms with Crippen LogP contribution in [0.1, 0.15) is 6.42 Å². The van der Waals surface area contributed by atoms with Crippen LogP contribution in [0.5, 0.6) is 0 Å². The van der Waals surface area contributed by atoms with Crippen LogP contribution in [0.25, 0.3) is 0 Å². The van der Waals surface area contributed by atoms with Gasteiger partial charge in [-0.3, -0.25) is 20.3 Å². The van der Waals surface area contributed by atoms with Crippen molar-refractivity contribution in [1.82, 2.24) is 5.43 Å². The zero-order chi connectivity index (χ0) is 22.7. The molecule has 0 radical (unpaired) electrons.